The van der Waals surface area contributed by atoms with Crippen LogP contribution in [-0.2, 0) is 12.8 Å². The van der Waals surface area contributed by atoms with Crippen molar-refractivity contribution in [2.24, 2.45) is 0 Å². The molecule has 47 heavy (non-hydrogen) atoms. The van der Waals surface area contributed by atoms with Crippen LogP contribution < -0.4 is 10.6 Å². The van der Waals surface area contributed by atoms with Crippen molar-refractivity contribution in [3.63, 3.8) is 0 Å². The number of carboxylic acid groups (broad SMARTS) is 1. The largest absolute Gasteiger partial charge is 0.478 e. The predicted molar refractivity (Wildman–Crippen MR) is 185 cm³/mol. The molecule has 0 saturated carbocycles. The van der Waals surface area contributed by atoms with Crippen LogP contribution in [0.25, 0.3) is 43.1 Å². The quantitative estimate of drug-likeness (QED) is 0.0853. The van der Waals surface area contributed by atoms with Crippen molar-refractivity contribution in [2.75, 3.05) is 13.1 Å². The Hall–Kier alpha value is -6.08. The van der Waals surface area contributed by atoms with Crippen LogP contribution in [0.1, 0.15) is 52.6 Å². The van der Waals surface area contributed by atoms with Crippen LogP contribution in [-0.4, -0.2) is 42.3 Å². The molecule has 0 heterocycles. The van der Waals surface area contributed by atoms with Gasteiger partial charge in [-0.15, -0.1) is 0 Å². The maximum absolute atomic E-state index is 13.6. The van der Waals surface area contributed by atoms with Gasteiger partial charge in [0, 0.05) is 40.6 Å². The molecule has 7 rings (SSSR count). The zero-order valence-corrected chi connectivity index (χ0v) is 25.4. The topological polar surface area (TPSA) is 113 Å². The van der Waals surface area contributed by atoms with E-state index in [0.717, 1.165) is 44.3 Å². The number of amides is 2. The molecule has 0 fully saturated rings. The highest BCUT2D eigenvalue weighted by atomic mass is 16.4. The monoisotopic (exact) mass is 618 g/mol. The molecule has 0 aliphatic carbocycles. The highest BCUT2D eigenvalue weighted by Gasteiger charge is 2.24. The third-order valence-electron chi connectivity index (χ3n) is 8.86. The summed E-state index contributed by atoms with van der Waals surface area (Å²) >= 11 is 0. The van der Waals surface area contributed by atoms with Crippen LogP contribution >= 0.6 is 0 Å². The molecule has 0 radical (unpaired) electrons. The van der Waals surface area contributed by atoms with E-state index in [2.05, 4.69) is 10.6 Å². The minimum absolute atomic E-state index is 0.0254. The Morgan fingerprint density at radius 2 is 0.936 bits per heavy atom. The number of nitrogens with one attached hydrogen (secondary N) is 2. The lowest BCUT2D eigenvalue weighted by atomic mass is 9.84. The van der Waals surface area contributed by atoms with Crippen molar-refractivity contribution in [1.29, 1.82) is 0 Å². The van der Waals surface area contributed by atoms with Gasteiger partial charge in [0.25, 0.3) is 11.8 Å². The number of carbonyl (C=O) groups excluding carboxylic acids is 3. The van der Waals surface area contributed by atoms with E-state index in [-0.39, 0.29) is 22.9 Å². The predicted octanol–water partition coefficient (Wildman–Crippen LogP) is 7.19. The summed E-state index contributed by atoms with van der Waals surface area (Å²) in [5.74, 6) is -1.78. The third-order valence-corrected chi connectivity index (χ3v) is 8.86. The van der Waals surface area contributed by atoms with E-state index in [1.807, 2.05) is 78.9 Å². The first-order valence-electron chi connectivity index (χ1n) is 15.5. The van der Waals surface area contributed by atoms with E-state index in [9.17, 15) is 24.3 Å². The molecule has 0 bridgehead atoms. The summed E-state index contributed by atoms with van der Waals surface area (Å²) in [6.07, 6.45) is 2.05. The van der Waals surface area contributed by atoms with Crippen LogP contribution in [0.4, 0.5) is 0 Å². The Bertz CT molecular complexity index is 2310. The van der Waals surface area contributed by atoms with E-state index in [0.29, 0.717) is 53.2 Å². The number of benzene rings is 7. The highest BCUT2D eigenvalue weighted by Crippen LogP contribution is 2.43. The molecule has 0 spiro atoms. The zero-order valence-electron chi connectivity index (χ0n) is 25.4. The zero-order chi connectivity index (χ0) is 32.5. The van der Waals surface area contributed by atoms with Gasteiger partial charge in [-0.05, 0) is 74.5 Å². The number of carbonyl (C=O) groups is 4. The van der Waals surface area contributed by atoms with Crippen molar-refractivity contribution in [3.05, 3.63) is 143 Å². The van der Waals surface area contributed by atoms with E-state index in [1.54, 1.807) is 24.3 Å². The molecule has 0 unspecified atom stereocenters. The molecule has 7 heteroatoms. The van der Waals surface area contributed by atoms with Crippen molar-refractivity contribution >= 4 is 67.2 Å². The van der Waals surface area contributed by atoms with Gasteiger partial charge in [0.2, 0.25) is 0 Å². The minimum Gasteiger partial charge on any atom is -0.478 e. The molecule has 0 aliphatic heterocycles. The molecular weight excluding hydrogens is 588 g/mol. The van der Waals surface area contributed by atoms with Crippen molar-refractivity contribution < 1.29 is 24.3 Å². The van der Waals surface area contributed by atoms with Gasteiger partial charge in [0.1, 0.15) is 0 Å². The van der Waals surface area contributed by atoms with Crippen LogP contribution in [0, 0.1) is 0 Å². The maximum Gasteiger partial charge on any atom is 0.336 e. The smallest absolute Gasteiger partial charge is 0.336 e. The Morgan fingerprint density at radius 3 is 1.40 bits per heavy atom. The summed E-state index contributed by atoms with van der Waals surface area (Å²) in [4.78, 5) is 52.0. The maximum atomic E-state index is 13.6. The number of carboxylic acids is 1. The highest BCUT2D eigenvalue weighted by molar-refractivity contribution is 6.38. The average molecular weight is 619 g/mol. The first kappa shape index (κ1) is 29.6. The molecule has 3 N–H and O–H groups in total. The Morgan fingerprint density at radius 1 is 0.511 bits per heavy atom. The molecular formula is C40H30N2O5. The van der Waals surface area contributed by atoms with Gasteiger partial charge in [-0.2, -0.15) is 0 Å². The molecule has 7 nitrogen and oxygen atoms in total. The summed E-state index contributed by atoms with van der Waals surface area (Å²) in [7, 11) is 0. The Labute approximate surface area is 270 Å². The van der Waals surface area contributed by atoms with Crippen molar-refractivity contribution in [1.82, 2.24) is 10.6 Å². The fraction of sp³-hybridized carbons (Fsp3) is 0.100. The van der Waals surface area contributed by atoms with Gasteiger partial charge < -0.3 is 15.7 Å². The van der Waals surface area contributed by atoms with Gasteiger partial charge >= 0.3 is 5.97 Å². The molecule has 0 saturated heterocycles. The minimum atomic E-state index is -1.14. The van der Waals surface area contributed by atoms with Crippen LogP contribution in [0.15, 0.2) is 109 Å². The van der Waals surface area contributed by atoms with E-state index >= 15 is 0 Å². The van der Waals surface area contributed by atoms with Gasteiger partial charge in [-0.1, -0.05) is 91.0 Å². The second-order valence-corrected chi connectivity index (χ2v) is 11.6. The first-order valence-corrected chi connectivity index (χ1v) is 15.5. The molecule has 7 aromatic carbocycles. The number of hydrogen-bond donors (Lipinski definition) is 3. The second-order valence-electron chi connectivity index (χ2n) is 11.6. The first-order chi connectivity index (χ1) is 23.0. The standard InChI is InChI=1S/C40H30N2O5/c43-23-26-11-12-27-30-15-18-33(40(46)47)37-32(39(45)42-22-20-25-9-5-2-6-10-25)17-14-29(36(30)37)28-13-16-31(34(26)35(27)28)38(44)41-21-19-24-7-3-1-4-8-24/h1-18,23H,19-22H2,(H,41,44)(H,42,45)(H,46,47). The van der Waals surface area contributed by atoms with Gasteiger partial charge in [-0.25, -0.2) is 4.79 Å². The molecule has 7 aromatic rings. The van der Waals surface area contributed by atoms with Gasteiger partial charge in [-0.3, -0.25) is 14.4 Å². The van der Waals surface area contributed by atoms with E-state index < -0.39 is 5.97 Å². The second kappa shape index (κ2) is 12.4. The molecule has 0 atom stereocenters. The fourth-order valence-electron chi connectivity index (χ4n) is 6.69. The number of aromatic carboxylic acids is 1. The van der Waals surface area contributed by atoms with Crippen LogP contribution in [0.3, 0.4) is 0 Å². The molecule has 2 amide bonds. The Balaban J connectivity index is 1.35. The van der Waals surface area contributed by atoms with Crippen LogP contribution in [0.2, 0.25) is 0 Å². The summed E-state index contributed by atoms with van der Waals surface area (Å²) < 4.78 is 0. The Kier molecular flexibility index (Phi) is 7.80. The van der Waals surface area contributed by atoms with Crippen LogP contribution in [0.5, 0.6) is 0 Å². The lowest BCUT2D eigenvalue weighted by Gasteiger charge is -2.19. The number of rotatable bonds is 10. The number of aldehydes is 1. The van der Waals surface area contributed by atoms with E-state index in [1.165, 1.54) is 6.07 Å². The summed E-state index contributed by atoms with van der Waals surface area (Å²) in [6.45, 7) is 0.819. The van der Waals surface area contributed by atoms with Gasteiger partial charge in [0.05, 0.1) is 5.56 Å². The lowest BCUT2D eigenvalue weighted by Crippen LogP contribution is -2.26. The average Bonchev–Trinajstić information content (AvgIpc) is 3.10. The van der Waals surface area contributed by atoms with Gasteiger partial charge in [0.15, 0.2) is 6.29 Å². The lowest BCUT2D eigenvalue weighted by molar-refractivity contribution is 0.0698. The fourth-order valence-corrected chi connectivity index (χ4v) is 6.69. The molecule has 0 aromatic heterocycles. The normalized spacial score (nSPS) is 11.3. The summed E-state index contributed by atoms with van der Waals surface area (Å²) in [5.41, 5.74) is 3.26. The summed E-state index contributed by atoms with van der Waals surface area (Å²) in [5, 5.41) is 21.5. The molecule has 230 valence electrons. The number of hydrogen-bond acceptors (Lipinski definition) is 4. The van der Waals surface area contributed by atoms with Crippen molar-refractivity contribution in [3.8, 4) is 0 Å². The number of fused-ring (bicyclic) bond motifs is 2. The summed E-state index contributed by atoms with van der Waals surface area (Å²) in [6, 6.07) is 33.5. The SMILES string of the molecule is O=Cc1ccc2c3ccc(C(=O)O)c4c(C(=O)NCCc5ccccc5)ccc(c5ccc(C(=O)NCCc6ccccc6)c1c25)c43. The van der Waals surface area contributed by atoms with E-state index in [4.69, 9.17) is 0 Å². The third kappa shape index (κ3) is 5.32. The molecule has 0 aliphatic rings. The van der Waals surface area contributed by atoms with Crippen molar-refractivity contribution in [2.45, 2.75) is 12.8 Å².